The fourth-order valence-corrected chi connectivity index (χ4v) is 6.93. The van der Waals surface area contributed by atoms with Crippen molar-refractivity contribution in [3.8, 4) is 0 Å². The number of hydrogen-bond acceptors (Lipinski definition) is 5. The maximum Gasteiger partial charge on any atom is 0.264 e. The molecular weight excluding hydrogens is 522 g/mol. The molecule has 0 saturated carbocycles. The van der Waals surface area contributed by atoms with Gasteiger partial charge in [0.15, 0.2) is 0 Å². The summed E-state index contributed by atoms with van der Waals surface area (Å²) in [6.07, 6.45) is 3.38. The summed E-state index contributed by atoms with van der Waals surface area (Å²) in [6, 6.07) is 18.7. The van der Waals surface area contributed by atoms with E-state index in [1.807, 2.05) is 4.90 Å². The number of hydrogen-bond donors (Lipinski definition) is 1. The topological polar surface area (TPSA) is 82.6 Å². The lowest BCUT2D eigenvalue weighted by Crippen LogP contribution is -2.54. The second kappa shape index (κ2) is 10.0. The van der Waals surface area contributed by atoms with E-state index in [4.69, 9.17) is 0 Å². The third-order valence-electron chi connectivity index (χ3n) is 7.48. The number of amides is 1. The summed E-state index contributed by atoms with van der Waals surface area (Å²) in [5.41, 5.74) is 1.77. The number of carbonyl (C=O) groups is 1. The Morgan fingerprint density at radius 3 is 2.28 bits per heavy atom. The second-order valence-electron chi connectivity index (χ2n) is 10.1. The lowest BCUT2D eigenvalue weighted by atomic mass is 10.1. The van der Waals surface area contributed by atoms with Crippen LogP contribution in [0.25, 0.3) is 10.9 Å². The highest BCUT2D eigenvalue weighted by Crippen LogP contribution is 2.33. The van der Waals surface area contributed by atoms with Gasteiger partial charge in [0, 0.05) is 60.6 Å². The zero-order chi connectivity index (χ0) is 27.1. The normalized spacial score (nSPS) is 19.4. The van der Waals surface area contributed by atoms with E-state index in [1.165, 1.54) is 18.2 Å². The first-order chi connectivity index (χ1) is 18.8. The highest BCUT2D eigenvalue weighted by molar-refractivity contribution is 7.93. The predicted octanol–water partition coefficient (Wildman–Crippen LogP) is 4.80. The van der Waals surface area contributed by atoms with E-state index in [-0.39, 0.29) is 22.9 Å². The number of rotatable bonds is 6. The molecule has 2 saturated heterocycles. The van der Waals surface area contributed by atoms with E-state index in [0.717, 1.165) is 24.3 Å². The summed E-state index contributed by atoms with van der Waals surface area (Å²) in [5, 5.41) is 0.721. The van der Waals surface area contributed by atoms with Crippen LogP contribution in [-0.4, -0.2) is 54.3 Å². The minimum atomic E-state index is -3.90. The maximum atomic E-state index is 13.7. The van der Waals surface area contributed by atoms with E-state index in [2.05, 4.69) is 14.6 Å². The molecule has 200 valence electrons. The fourth-order valence-electron chi connectivity index (χ4n) is 5.69. The third-order valence-corrected chi connectivity index (χ3v) is 8.89. The number of carbonyl (C=O) groups excluding carboxylic acids is 1. The number of para-hydroxylation sites is 1. The van der Waals surface area contributed by atoms with Gasteiger partial charge in [0.1, 0.15) is 16.5 Å². The van der Waals surface area contributed by atoms with Crippen molar-refractivity contribution in [3.05, 3.63) is 102 Å². The molecule has 4 aromatic rings. The van der Waals surface area contributed by atoms with Crippen molar-refractivity contribution >= 4 is 32.5 Å². The molecule has 1 N–H and O–H groups in total. The third kappa shape index (κ3) is 5.09. The molecule has 2 fully saturated rings. The van der Waals surface area contributed by atoms with Crippen LogP contribution >= 0.6 is 0 Å². The van der Waals surface area contributed by atoms with Crippen LogP contribution in [0.4, 0.5) is 14.5 Å². The van der Waals surface area contributed by atoms with Crippen molar-refractivity contribution < 1.29 is 22.0 Å². The quantitative estimate of drug-likeness (QED) is 0.374. The van der Waals surface area contributed by atoms with Gasteiger partial charge < -0.3 is 4.90 Å². The molecule has 0 aliphatic carbocycles. The highest BCUT2D eigenvalue weighted by Gasteiger charge is 2.41. The molecule has 3 aromatic carbocycles. The van der Waals surface area contributed by atoms with Crippen LogP contribution in [0.2, 0.25) is 0 Å². The molecule has 0 radical (unpaired) electrons. The number of pyridine rings is 1. The van der Waals surface area contributed by atoms with Gasteiger partial charge in [0.25, 0.3) is 15.9 Å². The van der Waals surface area contributed by atoms with E-state index < -0.39 is 21.7 Å². The van der Waals surface area contributed by atoms with Gasteiger partial charge in [0.05, 0.1) is 5.52 Å². The zero-order valence-electron chi connectivity index (χ0n) is 20.9. The average molecular weight is 549 g/mol. The molecule has 1 amide bonds. The molecule has 2 bridgehead atoms. The Balaban J connectivity index is 1.13. The van der Waals surface area contributed by atoms with Crippen molar-refractivity contribution in [1.29, 1.82) is 0 Å². The number of anilines is 1. The fraction of sp³-hybridized carbons (Fsp3) is 0.241. The van der Waals surface area contributed by atoms with Crippen LogP contribution in [0, 0.1) is 11.6 Å². The Kier molecular flexibility index (Phi) is 6.52. The summed E-state index contributed by atoms with van der Waals surface area (Å²) in [4.78, 5) is 21.6. The van der Waals surface area contributed by atoms with Crippen LogP contribution in [-0.2, 0) is 16.6 Å². The number of halogens is 2. The smallest absolute Gasteiger partial charge is 0.264 e. The lowest BCUT2D eigenvalue weighted by molar-refractivity contribution is 0.0423. The number of likely N-dealkylation sites (tertiary alicyclic amines) is 1. The molecule has 6 rings (SSSR count). The minimum absolute atomic E-state index is 0.0788. The highest BCUT2D eigenvalue weighted by atomic mass is 32.2. The predicted molar refractivity (Wildman–Crippen MR) is 144 cm³/mol. The summed E-state index contributed by atoms with van der Waals surface area (Å²) in [5.74, 6) is -1.31. The Morgan fingerprint density at radius 1 is 0.923 bits per heavy atom. The average Bonchev–Trinajstić information content (AvgIpc) is 3.13. The summed E-state index contributed by atoms with van der Waals surface area (Å²) in [6.45, 7) is 1.48. The number of aromatic nitrogens is 1. The van der Waals surface area contributed by atoms with Crippen molar-refractivity contribution in [3.63, 3.8) is 0 Å². The molecule has 10 heteroatoms. The molecule has 0 spiro atoms. The largest absolute Gasteiger partial charge is 0.336 e. The first-order valence-corrected chi connectivity index (χ1v) is 14.2. The number of nitrogens with zero attached hydrogens (tertiary/aromatic N) is 3. The van der Waals surface area contributed by atoms with Gasteiger partial charge >= 0.3 is 0 Å². The first-order valence-electron chi connectivity index (χ1n) is 12.7. The second-order valence-corrected chi connectivity index (χ2v) is 11.7. The molecule has 2 unspecified atom stereocenters. The zero-order valence-corrected chi connectivity index (χ0v) is 21.7. The van der Waals surface area contributed by atoms with Crippen LogP contribution in [0.3, 0.4) is 0 Å². The monoisotopic (exact) mass is 548 g/mol. The van der Waals surface area contributed by atoms with E-state index in [1.54, 1.807) is 54.7 Å². The molecule has 2 aliphatic rings. The summed E-state index contributed by atoms with van der Waals surface area (Å²) >= 11 is 0. The SMILES string of the molecule is O=C(c1ccc(NS(=O)(=O)c2cccc3cccnc23)cc1)N1CC2CCC(C1)N2Cc1cc(F)cc(F)c1. The Morgan fingerprint density at radius 2 is 1.59 bits per heavy atom. The van der Waals surface area contributed by atoms with Gasteiger partial charge in [-0.25, -0.2) is 17.2 Å². The lowest BCUT2D eigenvalue weighted by Gasteiger charge is -2.41. The van der Waals surface area contributed by atoms with Gasteiger partial charge in [0.2, 0.25) is 0 Å². The van der Waals surface area contributed by atoms with Crippen molar-refractivity contribution in [1.82, 2.24) is 14.8 Å². The van der Waals surface area contributed by atoms with E-state index >= 15 is 0 Å². The number of fused-ring (bicyclic) bond motifs is 3. The van der Waals surface area contributed by atoms with Gasteiger partial charge in [-0.05, 0) is 66.9 Å². The van der Waals surface area contributed by atoms with Gasteiger partial charge in [-0.3, -0.25) is 19.4 Å². The number of benzene rings is 3. The van der Waals surface area contributed by atoms with Crippen LogP contribution in [0.15, 0.2) is 83.9 Å². The standard InChI is InChI=1S/C29H26F2N4O3S/c30-22-13-19(14-23(31)15-22)16-35-25-10-11-26(35)18-34(17-25)29(36)21-6-8-24(9-7-21)33-39(37,38)27-5-1-3-20-4-2-12-32-28(20)27/h1-9,12-15,25-26,33H,10-11,16-18H2. The number of piperazine rings is 1. The Labute approximate surface area is 225 Å². The van der Waals surface area contributed by atoms with E-state index in [9.17, 15) is 22.0 Å². The molecule has 2 aliphatic heterocycles. The van der Waals surface area contributed by atoms with Crippen molar-refractivity contribution in [2.45, 2.75) is 36.4 Å². The maximum absolute atomic E-state index is 13.7. The summed E-state index contributed by atoms with van der Waals surface area (Å²) in [7, 11) is -3.90. The van der Waals surface area contributed by atoms with Gasteiger partial charge in [-0.2, -0.15) is 0 Å². The summed E-state index contributed by atoms with van der Waals surface area (Å²) < 4.78 is 56.1. The number of sulfonamides is 1. The molecular formula is C29H26F2N4O3S. The molecule has 39 heavy (non-hydrogen) atoms. The van der Waals surface area contributed by atoms with E-state index in [0.29, 0.717) is 42.0 Å². The molecule has 3 heterocycles. The van der Waals surface area contributed by atoms with Crippen molar-refractivity contribution in [2.75, 3.05) is 17.8 Å². The van der Waals surface area contributed by atoms with Crippen LogP contribution in [0.5, 0.6) is 0 Å². The minimum Gasteiger partial charge on any atom is -0.336 e. The van der Waals surface area contributed by atoms with Gasteiger partial charge in [-0.15, -0.1) is 0 Å². The first kappa shape index (κ1) is 25.4. The van der Waals surface area contributed by atoms with Crippen molar-refractivity contribution in [2.24, 2.45) is 0 Å². The Bertz CT molecular complexity index is 1620. The van der Waals surface area contributed by atoms with Gasteiger partial charge in [-0.1, -0.05) is 18.2 Å². The van der Waals surface area contributed by atoms with Crippen LogP contribution in [0.1, 0.15) is 28.8 Å². The Hall–Kier alpha value is -3.89. The van der Waals surface area contributed by atoms with Crippen LogP contribution < -0.4 is 4.72 Å². The number of nitrogens with one attached hydrogen (secondary N) is 1. The molecule has 1 aromatic heterocycles. The molecule has 7 nitrogen and oxygen atoms in total. The molecule has 2 atom stereocenters.